The minimum absolute atomic E-state index is 0.178. The Bertz CT molecular complexity index is 532. The first-order chi connectivity index (χ1) is 10.7. The second kappa shape index (κ2) is 6.88. The van der Waals surface area contributed by atoms with E-state index in [9.17, 15) is 23.1 Å². The molecule has 4 nitrogen and oxygen atoms in total. The Kier molecular flexibility index (Phi) is 5.31. The quantitative estimate of drug-likeness (QED) is 0.922. The van der Waals surface area contributed by atoms with Gasteiger partial charge in [0.15, 0.2) is 0 Å². The van der Waals surface area contributed by atoms with E-state index < -0.39 is 17.7 Å². The van der Waals surface area contributed by atoms with Crippen molar-refractivity contribution < 1.29 is 23.1 Å². The van der Waals surface area contributed by atoms with Crippen molar-refractivity contribution in [2.75, 3.05) is 26.2 Å². The fourth-order valence-corrected chi connectivity index (χ4v) is 2.60. The van der Waals surface area contributed by atoms with Crippen LogP contribution in [-0.4, -0.2) is 58.8 Å². The Morgan fingerprint density at radius 3 is 2.39 bits per heavy atom. The predicted octanol–water partition coefficient (Wildman–Crippen LogP) is 2.03. The van der Waals surface area contributed by atoms with Crippen molar-refractivity contribution in [1.82, 2.24) is 9.80 Å². The molecule has 1 amide bonds. The molecule has 1 aromatic rings. The lowest BCUT2D eigenvalue weighted by atomic mass is 10.0. The number of amides is 1. The van der Waals surface area contributed by atoms with E-state index in [1.807, 2.05) is 30.3 Å². The number of alkyl halides is 3. The molecule has 1 N–H and O–H groups in total. The summed E-state index contributed by atoms with van der Waals surface area (Å²) in [7, 11) is 0. The molecule has 0 aliphatic carbocycles. The van der Waals surface area contributed by atoms with Crippen LogP contribution in [0.15, 0.2) is 30.3 Å². The molecule has 0 radical (unpaired) electrons. The van der Waals surface area contributed by atoms with Crippen molar-refractivity contribution in [1.29, 1.82) is 0 Å². The second-order valence-electron chi connectivity index (χ2n) is 5.98. The fourth-order valence-electron chi connectivity index (χ4n) is 2.60. The molecule has 1 saturated heterocycles. The maximum Gasteiger partial charge on any atom is 0.426 e. The van der Waals surface area contributed by atoms with E-state index in [1.165, 1.54) is 0 Å². The van der Waals surface area contributed by atoms with Gasteiger partial charge in [-0.2, -0.15) is 13.2 Å². The van der Waals surface area contributed by atoms with Crippen molar-refractivity contribution in [3.8, 4) is 0 Å². The summed E-state index contributed by atoms with van der Waals surface area (Å²) >= 11 is 0. The highest BCUT2D eigenvalue weighted by Crippen LogP contribution is 2.31. The van der Waals surface area contributed by atoms with E-state index in [0.29, 0.717) is 33.0 Å². The molecule has 0 bridgehead atoms. The van der Waals surface area contributed by atoms with E-state index in [2.05, 4.69) is 4.90 Å². The average Bonchev–Trinajstić information content (AvgIpc) is 2.72. The molecular formula is C16H21F3N2O2. The summed E-state index contributed by atoms with van der Waals surface area (Å²) in [5, 5.41) is 9.53. The minimum Gasteiger partial charge on any atom is -0.373 e. The molecule has 1 fully saturated rings. The topological polar surface area (TPSA) is 43.8 Å². The van der Waals surface area contributed by atoms with Crippen LogP contribution in [0.2, 0.25) is 0 Å². The molecule has 2 rings (SSSR count). The standard InChI is InChI=1S/C16H21F3N2O2/c1-15(23,16(17,18)19)14(22)21-9-5-8-20(10-11-21)12-13-6-3-2-4-7-13/h2-4,6-7,23H,5,8-12H2,1H3/t15-/m1/s1. The summed E-state index contributed by atoms with van der Waals surface area (Å²) in [6, 6.07) is 9.77. The molecule has 7 heteroatoms. The minimum atomic E-state index is -4.97. The van der Waals surface area contributed by atoms with Crippen LogP contribution in [0.1, 0.15) is 18.9 Å². The Morgan fingerprint density at radius 1 is 1.13 bits per heavy atom. The second-order valence-corrected chi connectivity index (χ2v) is 5.98. The summed E-state index contributed by atoms with van der Waals surface area (Å²) in [4.78, 5) is 15.2. The van der Waals surface area contributed by atoms with E-state index in [1.54, 1.807) is 0 Å². The Balaban J connectivity index is 1.97. The van der Waals surface area contributed by atoms with Gasteiger partial charge in [-0.25, -0.2) is 0 Å². The number of benzene rings is 1. The van der Waals surface area contributed by atoms with Gasteiger partial charge in [0.05, 0.1) is 0 Å². The molecule has 0 aromatic heterocycles. The normalized spacial score (nSPS) is 20.0. The third kappa shape index (κ3) is 4.23. The van der Waals surface area contributed by atoms with Crippen LogP contribution in [0.5, 0.6) is 0 Å². The number of carbonyl (C=O) groups is 1. The Hall–Kier alpha value is -1.60. The lowest BCUT2D eigenvalue weighted by Gasteiger charge is -2.31. The molecule has 0 saturated carbocycles. The van der Waals surface area contributed by atoms with Gasteiger partial charge in [0.25, 0.3) is 5.91 Å². The first-order valence-electron chi connectivity index (χ1n) is 7.56. The number of rotatable bonds is 3. The molecule has 1 aliphatic rings. The van der Waals surface area contributed by atoms with Crippen molar-refractivity contribution in [3.63, 3.8) is 0 Å². The molecule has 1 aromatic carbocycles. The fraction of sp³-hybridized carbons (Fsp3) is 0.562. The van der Waals surface area contributed by atoms with Crippen LogP contribution in [0.4, 0.5) is 13.2 Å². The van der Waals surface area contributed by atoms with E-state index in [-0.39, 0.29) is 13.1 Å². The van der Waals surface area contributed by atoms with Gasteiger partial charge in [-0.15, -0.1) is 0 Å². The summed E-state index contributed by atoms with van der Waals surface area (Å²) in [5.74, 6) is -1.27. The largest absolute Gasteiger partial charge is 0.426 e. The first kappa shape index (κ1) is 17.7. The highest BCUT2D eigenvalue weighted by Gasteiger charge is 2.57. The number of halogens is 3. The van der Waals surface area contributed by atoms with Crippen LogP contribution in [0, 0.1) is 0 Å². The monoisotopic (exact) mass is 330 g/mol. The number of nitrogens with zero attached hydrogens (tertiary/aromatic N) is 2. The lowest BCUT2D eigenvalue weighted by Crippen LogP contribution is -2.56. The highest BCUT2D eigenvalue weighted by molar-refractivity contribution is 5.85. The Morgan fingerprint density at radius 2 is 1.78 bits per heavy atom. The average molecular weight is 330 g/mol. The van der Waals surface area contributed by atoms with Gasteiger partial charge in [-0.1, -0.05) is 30.3 Å². The maximum atomic E-state index is 12.8. The molecule has 23 heavy (non-hydrogen) atoms. The molecule has 1 atom stereocenters. The van der Waals surface area contributed by atoms with Gasteiger partial charge in [-0.05, 0) is 18.9 Å². The van der Waals surface area contributed by atoms with Crippen LogP contribution >= 0.6 is 0 Å². The molecule has 128 valence electrons. The van der Waals surface area contributed by atoms with Crippen molar-refractivity contribution in [3.05, 3.63) is 35.9 Å². The third-order valence-corrected chi connectivity index (χ3v) is 4.09. The number of aliphatic hydroxyl groups is 1. The molecular weight excluding hydrogens is 309 g/mol. The Labute approximate surface area is 133 Å². The van der Waals surface area contributed by atoms with Crippen LogP contribution in [0.3, 0.4) is 0 Å². The molecule has 1 heterocycles. The summed E-state index contributed by atoms with van der Waals surface area (Å²) in [6.07, 6.45) is -4.40. The smallest absolute Gasteiger partial charge is 0.373 e. The third-order valence-electron chi connectivity index (χ3n) is 4.09. The van der Waals surface area contributed by atoms with Crippen LogP contribution in [0.25, 0.3) is 0 Å². The van der Waals surface area contributed by atoms with Gasteiger partial charge in [-0.3, -0.25) is 9.69 Å². The van der Waals surface area contributed by atoms with Crippen LogP contribution < -0.4 is 0 Å². The molecule has 0 spiro atoms. The van der Waals surface area contributed by atoms with Gasteiger partial charge in [0.2, 0.25) is 5.60 Å². The van der Waals surface area contributed by atoms with E-state index >= 15 is 0 Å². The van der Waals surface area contributed by atoms with E-state index in [0.717, 1.165) is 10.5 Å². The molecule has 0 unspecified atom stereocenters. The van der Waals surface area contributed by atoms with Gasteiger partial charge >= 0.3 is 6.18 Å². The molecule has 1 aliphatic heterocycles. The summed E-state index contributed by atoms with van der Waals surface area (Å²) in [6.45, 7) is 2.79. The van der Waals surface area contributed by atoms with Crippen molar-refractivity contribution in [2.45, 2.75) is 31.7 Å². The zero-order chi connectivity index (χ0) is 17.1. The van der Waals surface area contributed by atoms with Gasteiger partial charge in [0, 0.05) is 32.7 Å². The number of hydrogen-bond acceptors (Lipinski definition) is 3. The van der Waals surface area contributed by atoms with Crippen molar-refractivity contribution in [2.24, 2.45) is 0 Å². The van der Waals surface area contributed by atoms with E-state index in [4.69, 9.17) is 0 Å². The SMILES string of the molecule is C[C@@](O)(C(=O)N1CCCN(Cc2ccccc2)CC1)C(F)(F)F. The van der Waals surface area contributed by atoms with Crippen LogP contribution in [-0.2, 0) is 11.3 Å². The number of carbonyl (C=O) groups excluding carboxylic acids is 1. The zero-order valence-corrected chi connectivity index (χ0v) is 13.0. The summed E-state index contributed by atoms with van der Waals surface area (Å²) < 4.78 is 38.4. The van der Waals surface area contributed by atoms with Gasteiger partial charge in [0.1, 0.15) is 0 Å². The highest BCUT2D eigenvalue weighted by atomic mass is 19.4. The van der Waals surface area contributed by atoms with Crippen molar-refractivity contribution >= 4 is 5.91 Å². The maximum absolute atomic E-state index is 12.8. The number of hydrogen-bond donors (Lipinski definition) is 1. The van der Waals surface area contributed by atoms with Gasteiger partial charge < -0.3 is 10.0 Å². The first-order valence-corrected chi connectivity index (χ1v) is 7.56. The zero-order valence-electron chi connectivity index (χ0n) is 13.0. The lowest BCUT2D eigenvalue weighted by molar-refractivity contribution is -0.250. The predicted molar refractivity (Wildman–Crippen MR) is 79.6 cm³/mol. The summed E-state index contributed by atoms with van der Waals surface area (Å²) in [5.41, 5.74) is -2.21.